The third-order valence-electron chi connectivity index (χ3n) is 4.49. The van der Waals surface area contributed by atoms with E-state index in [2.05, 4.69) is 70.4 Å². The van der Waals surface area contributed by atoms with Gasteiger partial charge in [-0.05, 0) is 107 Å². The Hall–Kier alpha value is -2.87. The molecule has 0 bridgehead atoms. The van der Waals surface area contributed by atoms with E-state index in [1.54, 1.807) is 6.21 Å². The fourth-order valence-electron chi connectivity index (χ4n) is 2.87. The van der Waals surface area contributed by atoms with Crippen LogP contribution in [0, 0.1) is 10.5 Å². The van der Waals surface area contributed by atoms with E-state index in [-0.39, 0.29) is 12.5 Å². The quantitative estimate of drug-likeness (QED) is 0.234. The molecular weight excluding hydrogens is 503 g/mol. The molecule has 0 radical (unpaired) electrons. The SMILES string of the molecule is CCc1cc(C)cc(OCC(=O)N/N=C/c2ccc(OCc3ccc(I)cc3)cc2)c1. The number of halogens is 1. The van der Waals surface area contributed by atoms with E-state index >= 15 is 0 Å². The zero-order valence-corrected chi connectivity index (χ0v) is 19.8. The second kappa shape index (κ2) is 11.5. The first-order valence-electron chi connectivity index (χ1n) is 10.0. The number of rotatable bonds is 9. The van der Waals surface area contributed by atoms with Gasteiger partial charge >= 0.3 is 0 Å². The number of nitrogens with one attached hydrogen (secondary N) is 1. The zero-order chi connectivity index (χ0) is 22.1. The number of amides is 1. The van der Waals surface area contributed by atoms with Gasteiger partial charge in [0, 0.05) is 3.57 Å². The van der Waals surface area contributed by atoms with Gasteiger partial charge in [-0.15, -0.1) is 0 Å². The second-order valence-electron chi connectivity index (χ2n) is 7.07. The van der Waals surface area contributed by atoms with Crippen LogP contribution >= 0.6 is 22.6 Å². The molecule has 0 spiro atoms. The summed E-state index contributed by atoms with van der Waals surface area (Å²) in [4.78, 5) is 12.0. The topological polar surface area (TPSA) is 59.9 Å². The van der Waals surface area contributed by atoms with E-state index in [1.165, 1.54) is 9.13 Å². The van der Waals surface area contributed by atoms with E-state index in [9.17, 15) is 4.79 Å². The van der Waals surface area contributed by atoms with Gasteiger partial charge in [0.25, 0.3) is 5.91 Å². The Kier molecular flexibility index (Phi) is 8.46. The number of ether oxygens (including phenoxy) is 2. The second-order valence-corrected chi connectivity index (χ2v) is 8.32. The van der Waals surface area contributed by atoms with Gasteiger partial charge in [0.05, 0.1) is 6.21 Å². The van der Waals surface area contributed by atoms with E-state index in [0.29, 0.717) is 12.4 Å². The van der Waals surface area contributed by atoms with Crippen LogP contribution < -0.4 is 14.9 Å². The molecule has 6 heteroatoms. The molecule has 3 aromatic carbocycles. The van der Waals surface area contributed by atoms with Crippen molar-refractivity contribution in [3.8, 4) is 11.5 Å². The summed E-state index contributed by atoms with van der Waals surface area (Å²) in [7, 11) is 0. The molecule has 0 aliphatic rings. The number of carbonyl (C=O) groups excluding carboxylic acids is 1. The predicted molar refractivity (Wildman–Crippen MR) is 132 cm³/mol. The maximum atomic E-state index is 12.0. The molecule has 0 aliphatic carbocycles. The monoisotopic (exact) mass is 528 g/mol. The Balaban J connectivity index is 1.43. The molecule has 3 aromatic rings. The van der Waals surface area contributed by atoms with Gasteiger partial charge in [0.2, 0.25) is 0 Å². The molecule has 5 nitrogen and oxygen atoms in total. The third-order valence-corrected chi connectivity index (χ3v) is 5.21. The van der Waals surface area contributed by atoms with Crippen molar-refractivity contribution in [2.24, 2.45) is 5.10 Å². The number of carbonyl (C=O) groups is 1. The zero-order valence-electron chi connectivity index (χ0n) is 17.6. The molecule has 0 heterocycles. The molecule has 0 atom stereocenters. The van der Waals surface area contributed by atoms with Crippen molar-refractivity contribution in [2.75, 3.05) is 6.61 Å². The lowest BCUT2D eigenvalue weighted by Crippen LogP contribution is -2.24. The maximum Gasteiger partial charge on any atom is 0.277 e. The average molecular weight is 528 g/mol. The number of aryl methyl sites for hydroxylation is 2. The first-order valence-corrected chi connectivity index (χ1v) is 11.1. The fraction of sp³-hybridized carbons (Fsp3) is 0.200. The normalized spacial score (nSPS) is 10.8. The molecule has 3 rings (SSSR count). The number of hydrogen-bond donors (Lipinski definition) is 1. The molecule has 1 amide bonds. The molecule has 0 unspecified atom stereocenters. The Morgan fingerprint density at radius 2 is 1.71 bits per heavy atom. The lowest BCUT2D eigenvalue weighted by Gasteiger charge is -2.08. The summed E-state index contributed by atoms with van der Waals surface area (Å²) < 4.78 is 12.6. The summed E-state index contributed by atoms with van der Waals surface area (Å²) in [5.41, 5.74) is 6.75. The van der Waals surface area contributed by atoms with Crippen molar-refractivity contribution in [1.29, 1.82) is 0 Å². The summed E-state index contributed by atoms with van der Waals surface area (Å²) in [5, 5.41) is 3.99. The van der Waals surface area contributed by atoms with Crippen LogP contribution in [0.1, 0.15) is 29.2 Å². The molecule has 0 aromatic heterocycles. The van der Waals surface area contributed by atoms with Crippen molar-refractivity contribution >= 4 is 34.7 Å². The molecule has 0 saturated heterocycles. The smallest absolute Gasteiger partial charge is 0.277 e. The number of hydrogen-bond acceptors (Lipinski definition) is 4. The van der Waals surface area contributed by atoms with Gasteiger partial charge in [-0.2, -0.15) is 5.10 Å². The van der Waals surface area contributed by atoms with Crippen LogP contribution in [0.4, 0.5) is 0 Å². The van der Waals surface area contributed by atoms with Crippen LogP contribution in [0.5, 0.6) is 11.5 Å². The van der Waals surface area contributed by atoms with Gasteiger partial charge in [0.1, 0.15) is 18.1 Å². The first kappa shape index (κ1) is 22.8. The van der Waals surface area contributed by atoms with Crippen molar-refractivity contribution in [3.63, 3.8) is 0 Å². The Morgan fingerprint density at radius 1 is 0.968 bits per heavy atom. The van der Waals surface area contributed by atoms with Crippen LogP contribution in [0.15, 0.2) is 71.8 Å². The predicted octanol–water partition coefficient (Wildman–Crippen LogP) is 5.27. The van der Waals surface area contributed by atoms with Gasteiger partial charge in [-0.25, -0.2) is 5.43 Å². The average Bonchev–Trinajstić information content (AvgIpc) is 2.78. The van der Waals surface area contributed by atoms with Crippen molar-refractivity contribution < 1.29 is 14.3 Å². The Labute approximate surface area is 196 Å². The van der Waals surface area contributed by atoms with Crippen LogP contribution in [0.25, 0.3) is 0 Å². The minimum atomic E-state index is -0.312. The summed E-state index contributed by atoms with van der Waals surface area (Å²) in [5.74, 6) is 1.16. The Morgan fingerprint density at radius 3 is 2.42 bits per heavy atom. The van der Waals surface area contributed by atoms with Gasteiger partial charge in [0.15, 0.2) is 6.61 Å². The number of nitrogens with zero attached hydrogens (tertiary/aromatic N) is 1. The van der Waals surface area contributed by atoms with Gasteiger partial charge in [-0.1, -0.05) is 25.1 Å². The molecule has 160 valence electrons. The van der Waals surface area contributed by atoms with E-state index in [1.807, 2.05) is 43.3 Å². The summed E-state index contributed by atoms with van der Waals surface area (Å²) >= 11 is 2.28. The van der Waals surface area contributed by atoms with Gasteiger partial charge in [-0.3, -0.25) is 4.79 Å². The highest BCUT2D eigenvalue weighted by Gasteiger charge is 2.03. The molecule has 31 heavy (non-hydrogen) atoms. The highest BCUT2D eigenvalue weighted by atomic mass is 127. The minimum Gasteiger partial charge on any atom is -0.489 e. The van der Waals surface area contributed by atoms with Crippen LogP contribution in [0.3, 0.4) is 0 Å². The van der Waals surface area contributed by atoms with Crippen molar-refractivity contribution in [3.05, 3.63) is 92.6 Å². The lowest BCUT2D eigenvalue weighted by atomic mass is 10.1. The molecule has 0 fully saturated rings. The standard InChI is InChI=1S/C25H25IN2O3/c1-3-19-12-18(2)13-24(14-19)31-17-25(29)28-27-15-20-6-10-23(11-7-20)30-16-21-4-8-22(26)9-5-21/h4-15H,3,16-17H2,1-2H3,(H,28,29)/b27-15+. The lowest BCUT2D eigenvalue weighted by molar-refractivity contribution is -0.123. The van der Waals surface area contributed by atoms with Crippen molar-refractivity contribution in [2.45, 2.75) is 26.9 Å². The highest BCUT2D eigenvalue weighted by Crippen LogP contribution is 2.17. The van der Waals surface area contributed by atoms with E-state index < -0.39 is 0 Å². The third kappa shape index (κ3) is 7.71. The summed E-state index contributed by atoms with van der Waals surface area (Å²) in [6.45, 7) is 4.52. The minimum absolute atomic E-state index is 0.0880. The van der Waals surface area contributed by atoms with Crippen LogP contribution in [-0.4, -0.2) is 18.7 Å². The van der Waals surface area contributed by atoms with Crippen molar-refractivity contribution in [1.82, 2.24) is 5.43 Å². The molecule has 1 N–H and O–H groups in total. The maximum absolute atomic E-state index is 12.0. The highest BCUT2D eigenvalue weighted by molar-refractivity contribution is 14.1. The summed E-state index contributed by atoms with van der Waals surface area (Å²) in [6, 6.07) is 21.7. The van der Waals surface area contributed by atoms with Gasteiger partial charge < -0.3 is 9.47 Å². The molecule has 0 aliphatic heterocycles. The molecular formula is C25H25IN2O3. The van der Waals surface area contributed by atoms with Crippen LogP contribution in [0.2, 0.25) is 0 Å². The van der Waals surface area contributed by atoms with E-state index in [4.69, 9.17) is 9.47 Å². The Bertz CT molecular complexity index is 1030. The number of hydrazone groups is 1. The van der Waals surface area contributed by atoms with Crippen LogP contribution in [-0.2, 0) is 17.8 Å². The van der Waals surface area contributed by atoms with E-state index in [0.717, 1.165) is 28.9 Å². The number of benzene rings is 3. The largest absolute Gasteiger partial charge is 0.489 e. The first-order chi connectivity index (χ1) is 15.0. The fourth-order valence-corrected chi connectivity index (χ4v) is 3.23. The molecule has 0 saturated carbocycles. The summed E-state index contributed by atoms with van der Waals surface area (Å²) in [6.07, 6.45) is 2.51.